The molecule has 1 fully saturated rings. The van der Waals surface area contributed by atoms with Gasteiger partial charge in [0, 0.05) is 24.2 Å². The molecule has 1 heterocycles. The SMILES string of the molecule is CC(C)(C)OC(=O)Nc1cc(F)c(F)cc1C(=O)NCC(=O)NCC1CCN(Cc2ccc(Cl)cc2)CC1. The summed E-state index contributed by atoms with van der Waals surface area (Å²) < 4.78 is 32.7. The molecule has 0 aromatic heterocycles. The molecule has 1 aliphatic rings. The zero-order chi connectivity index (χ0) is 27.9. The van der Waals surface area contributed by atoms with Crippen LogP contribution in [0.5, 0.6) is 0 Å². The number of benzene rings is 2. The molecule has 3 rings (SSSR count). The number of carbonyl (C=O) groups is 3. The van der Waals surface area contributed by atoms with Crippen molar-refractivity contribution in [3.63, 3.8) is 0 Å². The summed E-state index contributed by atoms with van der Waals surface area (Å²) in [6, 6.07) is 9.13. The maximum absolute atomic E-state index is 13.8. The summed E-state index contributed by atoms with van der Waals surface area (Å²) in [4.78, 5) is 39.4. The lowest BCUT2D eigenvalue weighted by Gasteiger charge is -2.32. The quantitative estimate of drug-likeness (QED) is 0.441. The van der Waals surface area contributed by atoms with Gasteiger partial charge in [0.2, 0.25) is 5.91 Å². The molecule has 0 spiro atoms. The minimum absolute atomic E-state index is 0.276. The van der Waals surface area contributed by atoms with Crippen LogP contribution in [-0.4, -0.2) is 54.6 Å². The molecule has 0 aliphatic carbocycles. The predicted molar refractivity (Wildman–Crippen MR) is 141 cm³/mol. The highest BCUT2D eigenvalue weighted by atomic mass is 35.5. The highest BCUT2D eigenvalue weighted by Gasteiger charge is 2.23. The number of likely N-dealkylation sites (tertiary alicyclic amines) is 1. The maximum atomic E-state index is 13.8. The van der Waals surface area contributed by atoms with Gasteiger partial charge in [-0.1, -0.05) is 23.7 Å². The van der Waals surface area contributed by atoms with Crippen molar-refractivity contribution >= 4 is 35.2 Å². The standard InChI is InChI=1S/C27H33ClF2N4O4/c1-27(2,3)38-26(37)33-23-13-22(30)21(29)12-20(23)25(36)32-15-24(35)31-14-17-8-10-34(11-9-17)16-18-4-6-19(28)7-5-18/h4-7,12-13,17H,8-11,14-16H2,1-3H3,(H,31,35)(H,32,36)(H,33,37). The van der Waals surface area contributed by atoms with Crippen molar-refractivity contribution in [3.05, 3.63) is 64.2 Å². The Kier molecular flexibility index (Phi) is 10.0. The number of ether oxygens (including phenoxy) is 1. The number of nitrogens with zero attached hydrogens (tertiary/aromatic N) is 1. The van der Waals surface area contributed by atoms with Crippen molar-refractivity contribution in [1.29, 1.82) is 0 Å². The molecule has 38 heavy (non-hydrogen) atoms. The zero-order valence-corrected chi connectivity index (χ0v) is 22.5. The molecule has 3 N–H and O–H groups in total. The second-order valence-electron chi connectivity index (χ2n) is 10.3. The van der Waals surface area contributed by atoms with Gasteiger partial charge >= 0.3 is 6.09 Å². The average Bonchev–Trinajstić information content (AvgIpc) is 2.84. The number of rotatable bonds is 8. The third-order valence-corrected chi connectivity index (χ3v) is 6.22. The summed E-state index contributed by atoms with van der Waals surface area (Å²) in [6.45, 7) is 7.67. The zero-order valence-electron chi connectivity index (χ0n) is 21.7. The Hall–Kier alpha value is -3.24. The lowest BCUT2D eigenvalue weighted by atomic mass is 9.96. The molecule has 0 unspecified atom stereocenters. The second kappa shape index (κ2) is 13.0. The Bertz CT molecular complexity index is 1150. The first kappa shape index (κ1) is 29.3. The number of amides is 3. The first-order valence-electron chi connectivity index (χ1n) is 12.4. The maximum Gasteiger partial charge on any atom is 0.412 e. The number of nitrogens with one attached hydrogen (secondary N) is 3. The number of carbonyl (C=O) groups excluding carboxylic acids is 3. The summed E-state index contributed by atoms with van der Waals surface area (Å²) in [6.07, 6.45) is 0.915. The van der Waals surface area contributed by atoms with Gasteiger partial charge in [0.1, 0.15) is 5.60 Å². The monoisotopic (exact) mass is 550 g/mol. The molecule has 2 aromatic rings. The van der Waals surface area contributed by atoms with Crippen LogP contribution in [0.1, 0.15) is 49.5 Å². The normalized spacial score (nSPS) is 14.6. The summed E-state index contributed by atoms with van der Waals surface area (Å²) in [7, 11) is 0. The van der Waals surface area contributed by atoms with Crippen LogP contribution in [0.15, 0.2) is 36.4 Å². The molecule has 3 amide bonds. The summed E-state index contributed by atoms with van der Waals surface area (Å²) in [5.41, 5.74) is -0.254. The number of halogens is 3. The van der Waals surface area contributed by atoms with E-state index in [4.69, 9.17) is 16.3 Å². The van der Waals surface area contributed by atoms with Crippen molar-refractivity contribution in [2.75, 3.05) is 31.5 Å². The number of hydrogen-bond donors (Lipinski definition) is 3. The topological polar surface area (TPSA) is 99.8 Å². The molecule has 0 bridgehead atoms. The van der Waals surface area contributed by atoms with Crippen molar-refractivity contribution in [3.8, 4) is 0 Å². The largest absolute Gasteiger partial charge is 0.444 e. The number of hydrogen-bond acceptors (Lipinski definition) is 5. The lowest BCUT2D eigenvalue weighted by Crippen LogP contribution is -2.41. The van der Waals surface area contributed by atoms with Gasteiger partial charge in [-0.25, -0.2) is 13.6 Å². The van der Waals surface area contributed by atoms with E-state index in [0.717, 1.165) is 32.5 Å². The molecule has 206 valence electrons. The van der Waals surface area contributed by atoms with Crippen LogP contribution in [-0.2, 0) is 16.1 Å². The van der Waals surface area contributed by atoms with E-state index in [9.17, 15) is 23.2 Å². The Labute approximate surface area is 226 Å². The van der Waals surface area contributed by atoms with Gasteiger partial charge in [0.25, 0.3) is 5.91 Å². The molecule has 0 atom stereocenters. The molecule has 1 aliphatic heterocycles. The van der Waals surface area contributed by atoms with E-state index in [2.05, 4.69) is 20.9 Å². The fourth-order valence-electron chi connectivity index (χ4n) is 4.02. The fourth-order valence-corrected chi connectivity index (χ4v) is 4.15. The van der Waals surface area contributed by atoms with Gasteiger partial charge in [-0.05, 0) is 76.4 Å². The molecule has 0 radical (unpaired) electrons. The fraction of sp³-hybridized carbons (Fsp3) is 0.444. The van der Waals surface area contributed by atoms with Crippen LogP contribution in [0.2, 0.25) is 5.02 Å². The smallest absolute Gasteiger partial charge is 0.412 e. The van der Waals surface area contributed by atoms with Crippen LogP contribution in [0.25, 0.3) is 0 Å². The summed E-state index contributed by atoms with van der Waals surface area (Å²) in [5.74, 6) is -3.46. The van der Waals surface area contributed by atoms with E-state index in [1.807, 2.05) is 24.3 Å². The van der Waals surface area contributed by atoms with Crippen LogP contribution in [0.3, 0.4) is 0 Å². The number of piperidine rings is 1. The Morgan fingerprint density at radius 2 is 1.66 bits per heavy atom. The Morgan fingerprint density at radius 1 is 1.03 bits per heavy atom. The minimum atomic E-state index is -1.27. The van der Waals surface area contributed by atoms with Crippen LogP contribution in [0.4, 0.5) is 19.3 Å². The van der Waals surface area contributed by atoms with Crippen LogP contribution >= 0.6 is 11.6 Å². The minimum Gasteiger partial charge on any atom is -0.444 e. The molecular formula is C27H33ClF2N4O4. The summed E-state index contributed by atoms with van der Waals surface area (Å²) >= 11 is 5.94. The van der Waals surface area contributed by atoms with Gasteiger partial charge in [0.15, 0.2) is 11.6 Å². The average molecular weight is 551 g/mol. The van der Waals surface area contributed by atoms with E-state index >= 15 is 0 Å². The summed E-state index contributed by atoms with van der Waals surface area (Å²) in [5, 5.41) is 8.16. The highest BCUT2D eigenvalue weighted by molar-refractivity contribution is 6.30. The molecule has 2 aromatic carbocycles. The van der Waals surface area contributed by atoms with Gasteiger partial charge < -0.3 is 15.4 Å². The van der Waals surface area contributed by atoms with Crippen LogP contribution in [0, 0.1) is 17.6 Å². The van der Waals surface area contributed by atoms with E-state index in [1.54, 1.807) is 20.8 Å². The molecular weight excluding hydrogens is 518 g/mol. The molecule has 8 nitrogen and oxygen atoms in total. The van der Waals surface area contributed by atoms with Gasteiger partial charge in [0.05, 0.1) is 17.8 Å². The van der Waals surface area contributed by atoms with Crippen molar-refractivity contribution in [2.24, 2.45) is 5.92 Å². The van der Waals surface area contributed by atoms with E-state index in [1.165, 1.54) is 5.56 Å². The number of anilines is 1. The van der Waals surface area contributed by atoms with E-state index in [-0.39, 0.29) is 17.8 Å². The van der Waals surface area contributed by atoms with E-state index < -0.39 is 35.1 Å². The van der Waals surface area contributed by atoms with Gasteiger partial charge in [-0.3, -0.25) is 19.8 Å². The lowest BCUT2D eigenvalue weighted by molar-refractivity contribution is -0.120. The second-order valence-corrected chi connectivity index (χ2v) is 10.7. The molecule has 0 saturated carbocycles. The highest BCUT2D eigenvalue weighted by Crippen LogP contribution is 2.22. The van der Waals surface area contributed by atoms with Crippen molar-refractivity contribution in [2.45, 2.75) is 45.8 Å². The van der Waals surface area contributed by atoms with Gasteiger partial charge in [-0.15, -0.1) is 0 Å². The Morgan fingerprint density at radius 3 is 2.29 bits per heavy atom. The third kappa shape index (κ3) is 9.25. The van der Waals surface area contributed by atoms with Crippen molar-refractivity contribution in [1.82, 2.24) is 15.5 Å². The predicted octanol–water partition coefficient (Wildman–Crippen LogP) is 4.72. The van der Waals surface area contributed by atoms with E-state index in [0.29, 0.717) is 29.6 Å². The Balaban J connectivity index is 1.45. The first-order valence-corrected chi connectivity index (χ1v) is 12.8. The molecule has 1 saturated heterocycles. The van der Waals surface area contributed by atoms with Crippen LogP contribution < -0.4 is 16.0 Å². The first-order chi connectivity index (χ1) is 17.9. The van der Waals surface area contributed by atoms with Gasteiger partial charge in [-0.2, -0.15) is 0 Å². The third-order valence-electron chi connectivity index (χ3n) is 5.96. The van der Waals surface area contributed by atoms with Crippen molar-refractivity contribution < 1.29 is 27.9 Å². The molecule has 11 heteroatoms.